The van der Waals surface area contributed by atoms with E-state index in [4.69, 9.17) is 11.6 Å². The van der Waals surface area contributed by atoms with Gasteiger partial charge in [0, 0.05) is 37.1 Å². The second-order valence-corrected chi connectivity index (χ2v) is 8.44. The molecule has 3 atom stereocenters. The van der Waals surface area contributed by atoms with E-state index in [0.29, 0.717) is 18.5 Å². The standard InChI is InChI=1S/C24H33ClN4O/c1-26-24(28-16-21(17-30)18-8-4-3-5-9-18)27-15-20-11-7-13-29(2)23(20)19-10-6-12-22(25)14-19/h3-6,8-10,12,14,20-21,23,30H,7,11,13,15-17H2,1-2H3,(H2,26,27,28). The maximum atomic E-state index is 9.79. The first kappa shape index (κ1) is 22.6. The summed E-state index contributed by atoms with van der Waals surface area (Å²) in [4.78, 5) is 6.81. The molecule has 0 radical (unpaired) electrons. The molecule has 6 heteroatoms. The molecule has 3 rings (SSSR count). The lowest BCUT2D eigenvalue weighted by atomic mass is 9.85. The van der Waals surface area contributed by atoms with E-state index >= 15 is 0 Å². The zero-order chi connectivity index (χ0) is 21.3. The first-order chi connectivity index (χ1) is 14.6. The van der Waals surface area contributed by atoms with Gasteiger partial charge in [0.05, 0.1) is 6.61 Å². The number of benzene rings is 2. The molecule has 1 aliphatic rings. The van der Waals surface area contributed by atoms with Gasteiger partial charge in [-0.25, -0.2) is 0 Å². The zero-order valence-electron chi connectivity index (χ0n) is 17.9. The van der Waals surface area contributed by atoms with Crippen LogP contribution in [0, 0.1) is 5.92 Å². The van der Waals surface area contributed by atoms with Gasteiger partial charge in [0.1, 0.15) is 0 Å². The van der Waals surface area contributed by atoms with Crippen molar-refractivity contribution in [1.82, 2.24) is 15.5 Å². The van der Waals surface area contributed by atoms with Crippen molar-refractivity contribution in [1.29, 1.82) is 0 Å². The van der Waals surface area contributed by atoms with Gasteiger partial charge in [-0.3, -0.25) is 9.89 Å². The van der Waals surface area contributed by atoms with Gasteiger partial charge in [-0.15, -0.1) is 0 Å². The summed E-state index contributed by atoms with van der Waals surface area (Å²) < 4.78 is 0. The molecule has 1 aliphatic heterocycles. The van der Waals surface area contributed by atoms with Crippen molar-refractivity contribution < 1.29 is 5.11 Å². The lowest BCUT2D eigenvalue weighted by Crippen LogP contribution is -2.45. The number of aliphatic hydroxyl groups is 1. The van der Waals surface area contributed by atoms with Crippen molar-refractivity contribution in [2.45, 2.75) is 24.8 Å². The molecular formula is C24H33ClN4O. The fourth-order valence-corrected chi connectivity index (χ4v) is 4.57. The predicted molar refractivity (Wildman–Crippen MR) is 125 cm³/mol. The highest BCUT2D eigenvalue weighted by molar-refractivity contribution is 6.30. The van der Waals surface area contributed by atoms with Crippen LogP contribution in [-0.4, -0.2) is 56.3 Å². The molecule has 3 N–H and O–H groups in total. The normalized spacial score (nSPS) is 21.3. The molecule has 2 aromatic carbocycles. The molecule has 0 aromatic heterocycles. The maximum Gasteiger partial charge on any atom is 0.191 e. The molecule has 0 amide bonds. The van der Waals surface area contributed by atoms with Crippen LogP contribution in [0.2, 0.25) is 5.02 Å². The number of nitrogens with one attached hydrogen (secondary N) is 2. The molecule has 0 bridgehead atoms. The highest BCUT2D eigenvalue weighted by Crippen LogP contribution is 2.35. The summed E-state index contributed by atoms with van der Waals surface area (Å²) in [5.41, 5.74) is 2.39. The Morgan fingerprint density at radius 2 is 2.00 bits per heavy atom. The largest absolute Gasteiger partial charge is 0.396 e. The molecule has 162 valence electrons. The zero-order valence-corrected chi connectivity index (χ0v) is 18.6. The van der Waals surface area contributed by atoms with E-state index in [2.05, 4.69) is 39.7 Å². The molecular weight excluding hydrogens is 396 g/mol. The van der Waals surface area contributed by atoms with E-state index < -0.39 is 0 Å². The van der Waals surface area contributed by atoms with Crippen molar-refractivity contribution in [2.75, 3.05) is 40.3 Å². The summed E-state index contributed by atoms with van der Waals surface area (Å²) in [5, 5.41) is 17.5. The second kappa shape index (κ2) is 11.3. The number of guanidine groups is 1. The number of piperidine rings is 1. The van der Waals surface area contributed by atoms with Crippen LogP contribution in [0.3, 0.4) is 0 Å². The monoisotopic (exact) mass is 428 g/mol. The third kappa shape index (κ3) is 5.97. The summed E-state index contributed by atoms with van der Waals surface area (Å²) in [5.74, 6) is 1.26. The van der Waals surface area contributed by atoms with Gasteiger partial charge in [-0.1, -0.05) is 54.1 Å². The Morgan fingerprint density at radius 1 is 1.20 bits per heavy atom. The first-order valence-electron chi connectivity index (χ1n) is 10.7. The smallest absolute Gasteiger partial charge is 0.191 e. The molecule has 0 aliphatic carbocycles. The molecule has 30 heavy (non-hydrogen) atoms. The fourth-order valence-electron chi connectivity index (χ4n) is 4.37. The van der Waals surface area contributed by atoms with Crippen LogP contribution < -0.4 is 10.6 Å². The Hall–Kier alpha value is -2.08. The van der Waals surface area contributed by atoms with E-state index in [0.717, 1.165) is 36.1 Å². The molecule has 2 aromatic rings. The first-order valence-corrected chi connectivity index (χ1v) is 11.1. The van der Waals surface area contributed by atoms with E-state index in [1.165, 1.54) is 12.0 Å². The summed E-state index contributed by atoms with van der Waals surface area (Å²) >= 11 is 6.26. The van der Waals surface area contributed by atoms with Crippen LogP contribution >= 0.6 is 11.6 Å². The van der Waals surface area contributed by atoms with Gasteiger partial charge in [0.25, 0.3) is 0 Å². The lowest BCUT2D eigenvalue weighted by Gasteiger charge is -2.40. The van der Waals surface area contributed by atoms with Gasteiger partial charge < -0.3 is 15.7 Å². The number of hydrogen-bond acceptors (Lipinski definition) is 3. The maximum absolute atomic E-state index is 9.79. The number of likely N-dealkylation sites (tertiary alicyclic amines) is 1. The van der Waals surface area contributed by atoms with Crippen molar-refractivity contribution in [2.24, 2.45) is 10.9 Å². The topological polar surface area (TPSA) is 59.9 Å². The van der Waals surface area contributed by atoms with Crippen molar-refractivity contribution in [3.05, 3.63) is 70.7 Å². The quantitative estimate of drug-likeness (QED) is 0.465. The minimum absolute atomic E-state index is 0.0322. The van der Waals surface area contributed by atoms with Crippen LogP contribution in [-0.2, 0) is 0 Å². The van der Waals surface area contributed by atoms with Crippen LogP contribution in [0.25, 0.3) is 0 Å². The average molecular weight is 429 g/mol. The Balaban J connectivity index is 1.60. The van der Waals surface area contributed by atoms with E-state index in [1.807, 2.05) is 42.5 Å². The molecule has 1 saturated heterocycles. The summed E-state index contributed by atoms with van der Waals surface area (Å²) in [6.45, 7) is 2.65. The summed E-state index contributed by atoms with van der Waals surface area (Å²) in [6, 6.07) is 18.6. The number of hydrogen-bond donors (Lipinski definition) is 3. The Morgan fingerprint density at radius 3 is 2.70 bits per heavy atom. The van der Waals surface area contributed by atoms with Gasteiger partial charge in [-0.2, -0.15) is 0 Å². The molecule has 1 fully saturated rings. The third-order valence-corrected chi connectivity index (χ3v) is 6.19. The van der Waals surface area contributed by atoms with Crippen molar-refractivity contribution >= 4 is 17.6 Å². The third-order valence-electron chi connectivity index (χ3n) is 5.96. The van der Waals surface area contributed by atoms with Gasteiger partial charge in [0.15, 0.2) is 5.96 Å². The van der Waals surface area contributed by atoms with Gasteiger partial charge in [0.2, 0.25) is 0 Å². The second-order valence-electron chi connectivity index (χ2n) is 8.01. The number of halogens is 1. The number of aliphatic hydroxyl groups excluding tert-OH is 1. The average Bonchev–Trinajstić information content (AvgIpc) is 2.77. The fraction of sp³-hybridized carbons (Fsp3) is 0.458. The molecule has 1 heterocycles. The number of aliphatic imine (C=N–C) groups is 1. The van der Waals surface area contributed by atoms with Crippen molar-refractivity contribution in [3.8, 4) is 0 Å². The summed E-state index contributed by atoms with van der Waals surface area (Å²) in [6.07, 6.45) is 2.35. The van der Waals surface area contributed by atoms with Crippen LogP contribution in [0.15, 0.2) is 59.6 Å². The van der Waals surface area contributed by atoms with Crippen molar-refractivity contribution in [3.63, 3.8) is 0 Å². The molecule has 3 unspecified atom stereocenters. The van der Waals surface area contributed by atoms with Crippen LogP contribution in [0.1, 0.15) is 35.9 Å². The predicted octanol–water partition coefficient (Wildman–Crippen LogP) is 3.66. The Bertz CT molecular complexity index is 814. The number of nitrogens with zero attached hydrogens (tertiary/aromatic N) is 2. The van der Waals surface area contributed by atoms with Gasteiger partial charge in [-0.05, 0) is 55.6 Å². The molecule has 5 nitrogen and oxygen atoms in total. The SMILES string of the molecule is CN=C(NCC(CO)c1ccccc1)NCC1CCCN(C)C1c1cccc(Cl)c1. The molecule has 0 saturated carbocycles. The van der Waals surface area contributed by atoms with E-state index in [9.17, 15) is 5.11 Å². The summed E-state index contributed by atoms with van der Waals surface area (Å²) in [7, 11) is 3.98. The minimum atomic E-state index is 0.0322. The van der Waals surface area contributed by atoms with E-state index in [1.54, 1.807) is 7.05 Å². The van der Waals surface area contributed by atoms with Crippen LogP contribution in [0.5, 0.6) is 0 Å². The lowest BCUT2D eigenvalue weighted by molar-refractivity contribution is 0.122. The molecule has 0 spiro atoms. The number of rotatable bonds is 7. The van der Waals surface area contributed by atoms with Crippen LogP contribution in [0.4, 0.5) is 0 Å². The van der Waals surface area contributed by atoms with E-state index in [-0.39, 0.29) is 12.5 Å². The Kier molecular flexibility index (Phi) is 8.55. The highest BCUT2D eigenvalue weighted by Gasteiger charge is 2.30. The van der Waals surface area contributed by atoms with Gasteiger partial charge >= 0.3 is 0 Å². The minimum Gasteiger partial charge on any atom is -0.396 e. The highest BCUT2D eigenvalue weighted by atomic mass is 35.5. The Labute approximate surface area is 185 Å².